The molecule has 232 valence electrons. The van der Waals surface area contributed by atoms with Crippen LogP contribution in [0.5, 0.6) is 0 Å². The first kappa shape index (κ1) is 29.8. The van der Waals surface area contributed by atoms with Crippen LogP contribution < -0.4 is 0 Å². The Morgan fingerprint density at radius 1 is 0.286 bits per heavy atom. The first-order chi connectivity index (χ1) is 24.2. The summed E-state index contributed by atoms with van der Waals surface area (Å²) in [5.74, 6) is 2.42. The summed E-state index contributed by atoms with van der Waals surface area (Å²) in [7, 11) is 0. The maximum Gasteiger partial charge on any atom is 0.164 e. The first-order valence-electron chi connectivity index (χ1n) is 16.2. The lowest BCUT2D eigenvalue weighted by Crippen LogP contribution is -2.01. The number of aromatic nitrogens is 5. The van der Waals surface area contributed by atoms with E-state index in [-0.39, 0.29) is 0 Å². The van der Waals surface area contributed by atoms with E-state index in [1.807, 2.05) is 18.2 Å². The van der Waals surface area contributed by atoms with Gasteiger partial charge in [0.1, 0.15) is 0 Å². The fourth-order valence-corrected chi connectivity index (χ4v) is 5.89. The van der Waals surface area contributed by atoms with E-state index in [2.05, 4.69) is 156 Å². The molecule has 0 bridgehead atoms. The molecule has 2 heterocycles. The molecule has 5 heteroatoms. The van der Waals surface area contributed by atoms with Crippen LogP contribution in [0.1, 0.15) is 5.56 Å². The smallest absolute Gasteiger partial charge is 0.164 e. The van der Waals surface area contributed by atoms with Gasteiger partial charge in [-0.25, -0.2) is 24.9 Å². The van der Waals surface area contributed by atoms with Crippen LogP contribution >= 0.6 is 0 Å². The lowest BCUT2D eigenvalue weighted by atomic mass is 9.98. The summed E-state index contributed by atoms with van der Waals surface area (Å²) in [6, 6.07) is 54.2. The van der Waals surface area contributed by atoms with E-state index in [1.165, 1.54) is 5.56 Å². The molecule has 0 saturated heterocycles. The third-order valence-corrected chi connectivity index (χ3v) is 8.54. The van der Waals surface area contributed by atoms with Gasteiger partial charge in [0.05, 0.1) is 0 Å². The van der Waals surface area contributed by atoms with Crippen molar-refractivity contribution < 1.29 is 0 Å². The molecule has 0 atom stereocenters. The minimum Gasteiger partial charge on any atom is -0.237 e. The van der Waals surface area contributed by atoms with E-state index in [4.69, 9.17) is 15.0 Å². The number of nitrogens with zero attached hydrogens (tertiary/aromatic N) is 5. The van der Waals surface area contributed by atoms with E-state index in [0.29, 0.717) is 23.3 Å². The molecule has 0 unspecified atom stereocenters. The van der Waals surface area contributed by atoms with Crippen LogP contribution in [0.4, 0.5) is 0 Å². The lowest BCUT2D eigenvalue weighted by molar-refractivity contribution is 1.07. The number of hydrogen-bond donors (Lipinski definition) is 0. The molecule has 2 aromatic heterocycles. The van der Waals surface area contributed by atoms with Crippen LogP contribution in [-0.2, 0) is 0 Å². The van der Waals surface area contributed by atoms with Gasteiger partial charge in [-0.1, -0.05) is 139 Å². The van der Waals surface area contributed by atoms with Crippen molar-refractivity contribution in [3.63, 3.8) is 0 Å². The molecular formula is C44H31N5. The van der Waals surface area contributed by atoms with Gasteiger partial charge < -0.3 is 0 Å². The number of benzene rings is 6. The van der Waals surface area contributed by atoms with E-state index in [9.17, 15) is 0 Å². The molecule has 0 spiro atoms. The first-order valence-corrected chi connectivity index (χ1v) is 16.2. The van der Waals surface area contributed by atoms with Crippen LogP contribution in [0, 0.1) is 6.92 Å². The van der Waals surface area contributed by atoms with Gasteiger partial charge in [-0.15, -0.1) is 0 Å². The largest absolute Gasteiger partial charge is 0.237 e. The zero-order valence-electron chi connectivity index (χ0n) is 26.9. The molecule has 0 amide bonds. The molecule has 0 N–H and O–H groups in total. The second kappa shape index (κ2) is 13.3. The van der Waals surface area contributed by atoms with Crippen molar-refractivity contribution in [3.05, 3.63) is 176 Å². The van der Waals surface area contributed by atoms with E-state index in [1.54, 1.807) is 12.4 Å². The SMILES string of the molecule is Cc1ccc(-c2cc(-c3ncccn3)cc(-c3nc(-c4ccc(-c5ccccc5)cc4)nc(-c4ccc(-c5ccccc5)cc4)n3)c2)cc1. The van der Waals surface area contributed by atoms with E-state index < -0.39 is 0 Å². The van der Waals surface area contributed by atoms with Crippen molar-refractivity contribution in [1.29, 1.82) is 0 Å². The fourth-order valence-electron chi connectivity index (χ4n) is 5.89. The minimum atomic E-state index is 0.574. The monoisotopic (exact) mass is 629 g/mol. The number of hydrogen-bond acceptors (Lipinski definition) is 5. The van der Waals surface area contributed by atoms with Crippen LogP contribution in [0.25, 0.3) is 78.9 Å². The van der Waals surface area contributed by atoms with Crippen molar-refractivity contribution >= 4 is 0 Å². The van der Waals surface area contributed by atoms with Gasteiger partial charge >= 0.3 is 0 Å². The number of rotatable bonds is 7. The van der Waals surface area contributed by atoms with Gasteiger partial charge in [0.25, 0.3) is 0 Å². The zero-order chi connectivity index (χ0) is 33.0. The summed E-state index contributed by atoms with van der Waals surface area (Å²) < 4.78 is 0. The topological polar surface area (TPSA) is 64.5 Å². The summed E-state index contributed by atoms with van der Waals surface area (Å²) >= 11 is 0. The Bertz CT molecular complexity index is 2240. The molecule has 5 nitrogen and oxygen atoms in total. The van der Waals surface area contributed by atoms with E-state index >= 15 is 0 Å². The highest BCUT2D eigenvalue weighted by molar-refractivity contribution is 5.79. The average molecular weight is 630 g/mol. The Kier molecular flexibility index (Phi) is 8.06. The Labute approximate surface area is 285 Å². The molecule has 0 saturated carbocycles. The second-order valence-corrected chi connectivity index (χ2v) is 11.9. The molecule has 0 aliphatic carbocycles. The van der Waals surface area contributed by atoms with Crippen molar-refractivity contribution in [2.75, 3.05) is 0 Å². The lowest BCUT2D eigenvalue weighted by Gasteiger charge is -2.12. The predicted molar refractivity (Wildman–Crippen MR) is 198 cm³/mol. The van der Waals surface area contributed by atoms with Crippen molar-refractivity contribution in [3.8, 4) is 78.9 Å². The Hall–Kier alpha value is -6.59. The van der Waals surface area contributed by atoms with Crippen LogP contribution in [-0.4, -0.2) is 24.9 Å². The standard InChI is InChI=1S/C44H31N5/c1-30-13-15-35(16-14-30)38-27-39(41-45-25-8-26-46-41)29-40(28-38)44-48-42(36-21-17-33(18-22-36)31-9-4-2-5-10-31)47-43(49-44)37-23-19-34(20-24-37)32-11-6-3-7-12-32/h2-29H,1H3. The molecule has 0 fully saturated rings. The summed E-state index contributed by atoms with van der Waals surface area (Å²) in [6.07, 6.45) is 3.52. The van der Waals surface area contributed by atoms with Gasteiger partial charge in [-0.2, -0.15) is 0 Å². The maximum absolute atomic E-state index is 5.09. The van der Waals surface area contributed by atoms with Crippen LogP contribution in [0.3, 0.4) is 0 Å². The molecule has 0 radical (unpaired) electrons. The molecule has 8 rings (SSSR count). The Balaban J connectivity index is 1.28. The van der Waals surface area contributed by atoms with Gasteiger partial charge in [-0.3, -0.25) is 0 Å². The van der Waals surface area contributed by atoms with Crippen LogP contribution in [0.2, 0.25) is 0 Å². The Morgan fingerprint density at radius 2 is 0.633 bits per heavy atom. The highest BCUT2D eigenvalue weighted by atomic mass is 15.0. The summed E-state index contributed by atoms with van der Waals surface area (Å²) in [6.45, 7) is 2.09. The van der Waals surface area contributed by atoms with Crippen molar-refractivity contribution in [2.24, 2.45) is 0 Å². The van der Waals surface area contributed by atoms with E-state index in [0.717, 1.165) is 55.6 Å². The highest BCUT2D eigenvalue weighted by Crippen LogP contribution is 2.33. The zero-order valence-corrected chi connectivity index (χ0v) is 26.9. The fraction of sp³-hybridized carbons (Fsp3) is 0.0227. The predicted octanol–water partition coefficient (Wildman–Crippen LogP) is 10.6. The summed E-state index contributed by atoms with van der Waals surface area (Å²) in [4.78, 5) is 24.3. The third-order valence-electron chi connectivity index (χ3n) is 8.54. The van der Waals surface area contributed by atoms with Gasteiger partial charge in [0, 0.05) is 34.6 Å². The average Bonchev–Trinajstić information content (AvgIpc) is 3.19. The normalized spacial score (nSPS) is 11.0. The van der Waals surface area contributed by atoms with Crippen molar-refractivity contribution in [1.82, 2.24) is 24.9 Å². The summed E-state index contributed by atoms with van der Waals surface area (Å²) in [5, 5.41) is 0. The van der Waals surface area contributed by atoms with Gasteiger partial charge in [0.15, 0.2) is 23.3 Å². The molecule has 0 aliphatic rings. The highest BCUT2D eigenvalue weighted by Gasteiger charge is 2.16. The van der Waals surface area contributed by atoms with Crippen LogP contribution in [0.15, 0.2) is 170 Å². The third kappa shape index (κ3) is 6.51. The maximum atomic E-state index is 5.09. The van der Waals surface area contributed by atoms with Crippen molar-refractivity contribution in [2.45, 2.75) is 6.92 Å². The summed E-state index contributed by atoms with van der Waals surface area (Å²) in [5.41, 5.74) is 11.5. The Morgan fingerprint density at radius 3 is 1.12 bits per heavy atom. The second-order valence-electron chi connectivity index (χ2n) is 11.9. The molecular weight excluding hydrogens is 599 g/mol. The molecule has 49 heavy (non-hydrogen) atoms. The van der Waals surface area contributed by atoms with Gasteiger partial charge in [0.2, 0.25) is 0 Å². The number of aryl methyl sites for hydroxylation is 1. The molecule has 0 aliphatic heterocycles. The van der Waals surface area contributed by atoms with Gasteiger partial charge in [-0.05, 0) is 64.6 Å². The quantitative estimate of drug-likeness (QED) is 0.175. The minimum absolute atomic E-state index is 0.574. The molecule has 6 aromatic carbocycles. The molecule has 8 aromatic rings.